The van der Waals surface area contributed by atoms with Gasteiger partial charge < -0.3 is 14.5 Å². The van der Waals surface area contributed by atoms with Gasteiger partial charge in [-0.15, -0.1) is 0 Å². The summed E-state index contributed by atoms with van der Waals surface area (Å²) >= 11 is 0. The summed E-state index contributed by atoms with van der Waals surface area (Å²) < 4.78 is 6.54. The van der Waals surface area contributed by atoms with Gasteiger partial charge in [0.1, 0.15) is 0 Å². The van der Waals surface area contributed by atoms with Gasteiger partial charge in [0, 0.05) is 36.8 Å². The van der Waals surface area contributed by atoms with Crippen LogP contribution in [-0.2, 0) is 17.6 Å². The molecule has 5 nitrogen and oxygen atoms in total. The fourth-order valence-electron chi connectivity index (χ4n) is 5.63. The highest BCUT2D eigenvalue weighted by molar-refractivity contribution is 5.39. The van der Waals surface area contributed by atoms with Crippen LogP contribution in [0.1, 0.15) is 36.9 Å². The van der Waals surface area contributed by atoms with Crippen molar-refractivity contribution in [2.75, 3.05) is 38.6 Å². The predicted octanol–water partition coefficient (Wildman–Crippen LogP) is 1.90. The summed E-state index contributed by atoms with van der Waals surface area (Å²) in [5.41, 5.74) is 2.73. The van der Waals surface area contributed by atoms with Gasteiger partial charge in [0.05, 0.1) is 18.2 Å². The van der Waals surface area contributed by atoms with Gasteiger partial charge in [-0.25, -0.2) is 9.97 Å². The van der Waals surface area contributed by atoms with Crippen molar-refractivity contribution in [3.05, 3.63) is 17.5 Å². The largest absolute Gasteiger partial charge is 0.369 e. The molecule has 1 aromatic heterocycles. The minimum absolute atomic E-state index is 0.0740. The Kier molecular flexibility index (Phi) is 3.39. The van der Waals surface area contributed by atoms with Crippen molar-refractivity contribution >= 4 is 5.95 Å². The predicted molar refractivity (Wildman–Crippen MR) is 93.3 cm³/mol. The third-order valence-electron chi connectivity index (χ3n) is 6.69. The van der Waals surface area contributed by atoms with E-state index >= 15 is 0 Å². The van der Waals surface area contributed by atoms with Gasteiger partial charge in [-0.3, -0.25) is 0 Å². The van der Waals surface area contributed by atoms with E-state index in [9.17, 15) is 0 Å². The number of anilines is 1. The molecule has 5 rings (SSSR count). The Bertz CT molecular complexity index is 648. The molecule has 4 aliphatic rings. The van der Waals surface area contributed by atoms with E-state index in [2.05, 4.69) is 30.1 Å². The molecule has 3 fully saturated rings. The van der Waals surface area contributed by atoms with Crippen molar-refractivity contribution in [2.45, 2.75) is 50.2 Å². The molecule has 1 aliphatic carbocycles. The lowest BCUT2D eigenvalue weighted by atomic mass is 9.73. The maximum atomic E-state index is 6.54. The average molecular weight is 328 g/mol. The molecule has 2 bridgehead atoms. The Labute approximate surface area is 144 Å². The van der Waals surface area contributed by atoms with Gasteiger partial charge in [-0.05, 0) is 58.2 Å². The Balaban J connectivity index is 1.40. The van der Waals surface area contributed by atoms with Crippen molar-refractivity contribution in [3.63, 3.8) is 0 Å². The number of hydrogen-bond donors (Lipinski definition) is 0. The van der Waals surface area contributed by atoms with Crippen LogP contribution in [-0.4, -0.2) is 60.3 Å². The first-order valence-electron chi connectivity index (χ1n) is 9.57. The van der Waals surface area contributed by atoms with Gasteiger partial charge in [-0.1, -0.05) is 0 Å². The number of nitrogens with zero attached hydrogens (tertiary/aromatic N) is 4. The monoisotopic (exact) mass is 328 g/mol. The highest BCUT2D eigenvalue weighted by Crippen LogP contribution is 2.55. The van der Waals surface area contributed by atoms with Crippen LogP contribution in [0, 0.1) is 11.8 Å². The van der Waals surface area contributed by atoms with Crippen molar-refractivity contribution in [2.24, 2.45) is 11.8 Å². The fourth-order valence-corrected chi connectivity index (χ4v) is 5.63. The molecule has 3 saturated heterocycles. The van der Waals surface area contributed by atoms with Crippen LogP contribution in [0.15, 0.2) is 6.20 Å². The van der Waals surface area contributed by atoms with Crippen molar-refractivity contribution in [1.82, 2.24) is 14.9 Å². The molecule has 0 aromatic carbocycles. The summed E-state index contributed by atoms with van der Waals surface area (Å²) in [5, 5.41) is 0. The van der Waals surface area contributed by atoms with Gasteiger partial charge >= 0.3 is 0 Å². The highest BCUT2D eigenvalue weighted by atomic mass is 16.5. The molecule has 0 saturated carbocycles. The molecule has 3 aliphatic heterocycles. The van der Waals surface area contributed by atoms with Crippen LogP contribution < -0.4 is 4.90 Å². The fraction of sp³-hybridized carbons (Fsp3) is 0.789. The quantitative estimate of drug-likeness (QED) is 0.848. The van der Waals surface area contributed by atoms with Gasteiger partial charge in [-0.2, -0.15) is 0 Å². The topological polar surface area (TPSA) is 41.5 Å². The normalized spacial score (nSPS) is 37.1. The Morgan fingerprint density at radius 2 is 2.21 bits per heavy atom. The summed E-state index contributed by atoms with van der Waals surface area (Å²) in [6.45, 7) is 3.18. The molecule has 0 amide bonds. The lowest BCUT2D eigenvalue weighted by molar-refractivity contribution is 0.0136. The van der Waals surface area contributed by atoms with Gasteiger partial charge in [0.2, 0.25) is 5.95 Å². The summed E-state index contributed by atoms with van der Waals surface area (Å²) in [7, 11) is 4.36. The molecule has 0 radical (unpaired) electrons. The minimum atomic E-state index is 0.0740. The first kappa shape index (κ1) is 15.1. The Hall–Kier alpha value is -1.20. The summed E-state index contributed by atoms with van der Waals surface area (Å²) in [6, 6.07) is 0. The molecule has 4 atom stereocenters. The smallest absolute Gasteiger partial charge is 0.225 e. The SMILES string of the molecule is CN(C)C[C@H]1[C@H]2CN(c3ncc4c(n3)CCCC4)C[C@]23CC[C@H]1O3. The zero-order valence-electron chi connectivity index (χ0n) is 14.9. The molecular weight excluding hydrogens is 300 g/mol. The zero-order chi connectivity index (χ0) is 16.3. The molecule has 0 unspecified atom stereocenters. The lowest BCUT2D eigenvalue weighted by Gasteiger charge is -2.30. The number of fused-ring (bicyclic) bond motifs is 2. The second-order valence-corrected chi connectivity index (χ2v) is 8.52. The molecule has 130 valence electrons. The average Bonchev–Trinajstić information content (AvgIpc) is 3.24. The van der Waals surface area contributed by atoms with Gasteiger partial charge in [0.25, 0.3) is 0 Å². The van der Waals surface area contributed by atoms with Crippen LogP contribution in [0.5, 0.6) is 0 Å². The minimum Gasteiger partial charge on any atom is -0.369 e. The Morgan fingerprint density at radius 3 is 3.08 bits per heavy atom. The molecule has 4 heterocycles. The first-order valence-corrected chi connectivity index (χ1v) is 9.57. The van der Waals surface area contributed by atoms with Crippen LogP contribution in [0.2, 0.25) is 0 Å². The van der Waals surface area contributed by atoms with Gasteiger partial charge in [0.15, 0.2) is 0 Å². The lowest BCUT2D eigenvalue weighted by Crippen LogP contribution is -2.40. The second-order valence-electron chi connectivity index (χ2n) is 8.52. The van der Waals surface area contributed by atoms with E-state index < -0.39 is 0 Å². The maximum Gasteiger partial charge on any atom is 0.225 e. The molecule has 5 heteroatoms. The number of aryl methyl sites for hydroxylation is 2. The van der Waals surface area contributed by atoms with E-state index in [4.69, 9.17) is 14.7 Å². The molecule has 1 aromatic rings. The highest BCUT2D eigenvalue weighted by Gasteiger charge is 2.63. The van der Waals surface area contributed by atoms with Crippen molar-refractivity contribution in [3.8, 4) is 0 Å². The van der Waals surface area contributed by atoms with E-state index in [-0.39, 0.29) is 5.60 Å². The Morgan fingerprint density at radius 1 is 1.33 bits per heavy atom. The summed E-state index contributed by atoms with van der Waals surface area (Å²) in [4.78, 5) is 14.4. The summed E-state index contributed by atoms with van der Waals surface area (Å²) in [6.07, 6.45) is 9.83. The van der Waals surface area contributed by atoms with Crippen LogP contribution in [0.3, 0.4) is 0 Å². The maximum absolute atomic E-state index is 6.54. The molecule has 0 N–H and O–H groups in total. The second kappa shape index (κ2) is 5.40. The third kappa shape index (κ3) is 2.21. The van der Waals surface area contributed by atoms with E-state index in [0.29, 0.717) is 17.9 Å². The van der Waals surface area contributed by atoms with E-state index in [1.165, 1.54) is 36.9 Å². The number of ether oxygens (including phenoxy) is 1. The zero-order valence-corrected chi connectivity index (χ0v) is 14.9. The van der Waals surface area contributed by atoms with Crippen molar-refractivity contribution < 1.29 is 4.74 Å². The van der Waals surface area contributed by atoms with Crippen LogP contribution >= 0.6 is 0 Å². The number of aromatic nitrogens is 2. The third-order valence-corrected chi connectivity index (χ3v) is 6.69. The van der Waals surface area contributed by atoms with Crippen molar-refractivity contribution in [1.29, 1.82) is 0 Å². The van der Waals surface area contributed by atoms with E-state index in [1.807, 2.05) is 0 Å². The number of rotatable bonds is 3. The van der Waals surface area contributed by atoms with Crippen LogP contribution in [0.4, 0.5) is 5.95 Å². The molecule has 24 heavy (non-hydrogen) atoms. The van der Waals surface area contributed by atoms with Crippen LogP contribution in [0.25, 0.3) is 0 Å². The summed E-state index contributed by atoms with van der Waals surface area (Å²) in [5.74, 6) is 2.24. The molecular formula is C19H28N4O. The molecule has 1 spiro atoms. The van der Waals surface area contributed by atoms with E-state index in [1.54, 1.807) is 0 Å². The standard InChI is InChI=1S/C19H28N4O/c1-22(2)10-14-15-11-23(12-19(15)8-7-17(14)24-19)18-20-9-13-5-3-4-6-16(13)21-18/h9,14-15,17H,3-8,10-12H2,1-2H3/t14-,15+,17+,19+/m0/s1. The van der Waals surface area contributed by atoms with E-state index in [0.717, 1.165) is 38.4 Å². The first-order chi connectivity index (χ1) is 11.6. The number of hydrogen-bond acceptors (Lipinski definition) is 5.